The van der Waals surface area contributed by atoms with Gasteiger partial charge in [-0.25, -0.2) is 0 Å². The lowest BCUT2D eigenvalue weighted by molar-refractivity contribution is 0.0996. The fraction of sp³-hybridized carbons (Fsp3) is 0.500. The third kappa shape index (κ3) is 4.35. The second kappa shape index (κ2) is 6.02. The summed E-state index contributed by atoms with van der Waals surface area (Å²) in [5.41, 5.74) is 2.56. The van der Waals surface area contributed by atoms with Crippen molar-refractivity contribution in [3.05, 3.63) is 47.5 Å². The highest BCUT2D eigenvalue weighted by Gasteiger charge is 2.21. The Hall–Kier alpha value is -1.08. The third-order valence-electron chi connectivity index (χ3n) is 3.31. The first-order valence-corrected chi connectivity index (χ1v) is 6.42. The van der Waals surface area contributed by atoms with Crippen LogP contribution >= 0.6 is 0 Å². The Morgan fingerprint density at radius 2 is 1.76 bits per heavy atom. The van der Waals surface area contributed by atoms with Crippen LogP contribution in [-0.4, -0.2) is 10.7 Å². The van der Waals surface area contributed by atoms with Crippen molar-refractivity contribution in [3.8, 4) is 0 Å². The zero-order valence-corrected chi connectivity index (χ0v) is 11.3. The van der Waals surface area contributed by atoms with Gasteiger partial charge in [-0.2, -0.15) is 0 Å². The smallest absolute Gasteiger partial charge is 0.0863 e. The van der Waals surface area contributed by atoms with Gasteiger partial charge in [0.2, 0.25) is 0 Å². The largest absolute Gasteiger partial charge is 0.385 e. The van der Waals surface area contributed by atoms with Gasteiger partial charge in [0.25, 0.3) is 0 Å². The predicted molar refractivity (Wildman–Crippen MR) is 74.2 cm³/mol. The van der Waals surface area contributed by atoms with E-state index in [0.29, 0.717) is 6.42 Å². The van der Waals surface area contributed by atoms with Crippen LogP contribution in [0.1, 0.15) is 44.7 Å². The second-order valence-electron chi connectivity index (χ2n) is 5.15. The van der Waals surface area contributed by atoms with E-state index in [1.807, 2.05) is 13.8 Å². The molecule has 1 atom stereocenters. The molecule has 0 saturated carbocycles. The SMILES string of the molecule is C=C(C)C(C)(O)Cc1ccc(CCCC)cc1. The zero-order chi connectivity index (χ0) is 12.9. The zero-order valence-electron chi connectivity index (χ0n) is 11.3. The Kier molecular flexibility index (Phi) is 4.95. The summed E-state index contributed by atoms with van der Waals surface area (Å²) < 4.78 is 0. The summed E-state index contributed by atoms with van der Waals surface area (Å²) in [6, 6.07) is 8.56. The van der Waals surface area contributed by atoms with Crippen LogP contribution in [-0.2, 0) is 12.8 Å². The lowest BCUT2D eigenvalue weighted by atomic mass is 9.90. The normalized spacial score (nSPS) is 14.4. The fourth-order valence-corrected chi connectivity index (χ4v) is 1.75. The van der Waals surface area contributed by atoms with Gasteiger partial charge in [-0.1, -0.05) is 44.2 Å². The van der Waals surface area contributed by atoms with Gasteiger partial charge in [0.1, 0.15) is 0 Å². The van der Waals surface area contributed by atoms with Crippen molar-refractivity contribution < 1.29 is 5.11 Å². The number of benzene rings is 1. The topological polar surface area (TPSA) is 20.2 Å². The summed E-state index contributed by atoms with van der Waals surface area (Å²) in [4.78, 5) is 0. The average molecular weight is 232 g/mol. The molecule has 0 spiro atoms. The predicted octanol–water partition coefficient (Wildman–Crippen LogP) is 3.90. The minimum absolute atomic E-state index is 0.635. The van der Waals surface area contributed by atoms with Crippen molar-refractivity contribution in [1.82, 2.24) is 0 Å². The van der Waals surface area contributed by atoms with E-state index in [9.17, 15) is 5.11 Å². The highest BCUT2D eigenvalue weighted by molar-refractivity contribution is 5.26. The minimum Gasteiger partial charge on any atom is -0.385 e. The highest BCUT2D eigenvalue weighted by atomic mass is 16.3. The molecule has 0 heterocycles. The molecule has 0 aliphatic rings. The van der Waals surface area contributed by atoms with E-state index in [1.165, 1.54) is 24.0 Å². The number of hydrogen-bond donors (Lipinski definition) is 1. The minimum atomic E-state index is -0.801. The molecule has 0 bridgehead atoms. The maximum atomic E-state index is 10.2. The molecule has 0 saturated heterocycles. The molecule has 1 unspecified atom stereocenters. The van der Waals surface area contributed by atoms with Gasteiger partial charge in [0.05, 0.1) is 5.60 Å². The average Bonchev–Trinajstić information content (AvgIpc) is 2.27. The summed E-state index contributed by atoms with van der Waals surface area (Å²) in [6.07, 6.45) is 4.25. The third-order valence-corrected chi connectivity index (χ3v) is 3.31. The molecular weight excluding hydrogens is 208 g/mol. The van der Waals surface area contributed by atoms with Crippen LogP contribution in [0.4, 0.5) is 0 Å². The molecular formula is C16H24O. The molecule has 0 aliphatic heterocycles. The Bertz CT molecular complexity index is 360. The first-order valence-electron chi connectivity index (χ1n) is 6.42. The first-order chi connectivity index (χ1) is 7.95. The van der Waals surface area contributed by atoms with Crippen molar-refractivity contribution in [3.63, 3.8) is 0 Å². The molecule has 17 heavy (non-hydrogen) atoms. The Labute approximate surface area is 105 Å². The van der Waals surface area contributed by atoms with E-state index < -0.39 is 5.60 Å². The summed E-state index contributed by atoms with van der Waals surface area (Å²) in [6.45, 7) is 9.73. The van der Waals surface area contributed by atoms with E-state index in [1.54, 1.807) is 0 Å². The van der Waals surface area contributed by atoms with E-state index in [-0.39, 0.29) is 0 Å². The second-order valence-corrected chi connectivity index (χ2v) is 5.15. The van der Waals surface area contributed by atoms with Gasteiger partial charge < -0.3 is 5.11 Å². The van der Waals surface area contributed by atoms with Crippen molar-refractivity contribution >= 4 is 0 Å². The maximum Gasteiger partial charge on any atom is 0.0863 e. The van der Waals surface area contributed by atoms with Gasteiger partial charge in [-0.05, 0) is 43.4 Å². The first kappa shape index (κ1) is 14.0. The molecule has 0 aliphatic carbocycles. The quantitative estimate of drug-likeness (QED) is 0.738. The number of hydrogen-bond acceptors (Lipinski definition) is 1. The van der Waals surface area contributed by atoms with Crippen LogP contribution in [0.3, 0.4) is 0 Å². The molecule has 1 N–H and O–H groups in total. The monoisotopic (exact) mass is 232 g/mol. The molecule has 1 rings (SSSR count). The van der Waals surface area contributed by atoms with Crippen molar-refractivity contribution in [1.29, 1.82) is 0 Å². The lowest BCUT2D eigenvalue weighted by Crippen LogP contribution is -2.28. The number of aliphatic hydroxyl groups is 1. The molecule has 94 valence electrons. The molecule has 1 aromatic rings. The number of rotatable bonds is 6. The fourth-order valence-electron chi connectivity index (χ4n) is 1.75. The van der Waals surface area contributed by atoms with Gasteiger partial charge in [0.15, 0.2) is 0 Å². The summed E-state index contributed by atoms with van der Waals surface area (Å²) in [7, 11) is 0. The number of aryl methyl sites for hydroxylation is 1. The van der Waals surface area contributed by atoms with E-state index in [0.717, 1.165) is 12.0 Å². The summed E-state index contributed by atoms with van der Waals surface area (Å²) in [5.74, 6) is 0. The molecule has 0 amide bonds. The van der Waals surface area contributed by atoms with Gasteiger partial charge in [-0.15, -0.1) is 0 Å². The van der Waals surface area contributed by atoms with Crippen LogP contribution in [0.2, 0.25) is 0 Å². The van der Waals surface area contributed by atoms with Crippen molar-refractivity contribution in [2.75, 3.05) is 0 Å². The standard InChI is InChI=1S/C16H24O/c1-5-6-7-14-8-10-15(11-9-14)12-16(4,17)13(2)3/h8-11,17H,2,5-7,12H2,1,3-4H3. The molecule has 1 heteroatoms. The lowest BCUT2D eigenvalue weighted by Gasteiger charge is -2.23. The molecule has 0 aromatic heterocycles. The number of unbranched alkanes of at least 4 members (excludes halogenated alkanes) is 1. The molecule has 1 nitrogen and oxygen atoms in total. The van der Waals surface area contributed by atoms with Crippen LogP contribution in [0.25, 0.3) is 0 Å². The van der Waals surface area contributed by atoms with Gasteiger partial charge in [-0.3, -0.25) is 0 Å². The van der Waals surface area contributed by atoms with E-state index in [2.05, 4.69) is 37.8 Å². The van der Waals surface area contributed by atoms with Crippen LogP contribution in [0, 0.1) is 0 Å². The summed E-state index contributed by atoms with van der Waals surface area (Å²) in [5, 5.41) is 10.2. The highest BCUT2D eigenvalue weighted by Crippen LogP contribution is 2.20. The van der Waals surface area contributed by atoms with Crippen molar-refractivity contribution in [2.24, 2.45) is 0 Å². The Morgan fingerprint density at radius 3 is 2.24 bits per heavy atom. The summed E-state index contributed by atoms with van der Waals surface area (Å²) >= 11 is 0. The van der Waals surface area contributed by atoms with Gasteiger partial charge in [0, 0.05) is 6.42 Å². The van der Waals surface area contributed by atoms with E-state index in [4.69, 9.17) is 0 Å². The van der Waals surface area contributed by atoms with E-state index >= 15 is 0 Å². The Balaban J connectivity index is 2.65. The molecule has 0 radical (unpaired) electrons. The molecule has 1 aromatic carbocycles. The van der Waals surface area contributed by atoms with Gasteiger partial charge >= 0.3 is 0 Å². The Morgan fingerprint density at radius 1 is 1.24 bits per heavy atom. The van der Waals surface area contributed by atoms with Crippen LogP contribution in [0.15, 0.2) is 36.4 Å². The van der Waals surface area contributed by atoms with Crippen LogP contribution < -0.4 is 0 Å². The maximum absolute atomic E-state index is 10.2. The van der Waals surface area contributed by atoms with Crippen molar-refractivity contribution in [2.45, 2.75) is 52.1 Å². The molecule has 0 fully saturated rings. The van der Waals surface area contributed by atoms with Crippen LogP contribution in [0.5, 0.6) is 0 Å².